The van der Waals surface area contributed by atoms with Crippen LogP contribution in [0.25, 0.3) is 0 Å². The minimum absolute atomic E-state index is 0.0977. The lowest BCUT2D eigenvalue weighted by molar-refractivity contribution is -0.145. The Morgan fingerprint density at radius 2 is 1.88 bits per heavy atom. The van der Waals surface area contributed by atoms with Gasteiger partial charge in [0, 0.05) is 42.2 Å². The minimum atomic E-state index is -1.61. The summed E-state index contributed by atoms with van der Waals surface area (Å²) in [6.07, 6.45) is 0.872. The molecule has 0 bridgehead atoms. The van der Waals surface area contributed by atoms with Gasteiger partial charge in [-0.05, 0) is 55.9 Å². The van der Waals surface area contributed by atoms with Gasteiger partial charge in [-0.25, -0.2) is 8.78 Å². The standard InChI is InChI=1S/C32H37Cl2F2N3O3/c1-30(2,3)16-25-32(18-37,22-10-9-19(33)15-24(22)35)26(21-7-6-8-23(34)27(21)36)28-29(40)38(13-14-39(25)28)12-11-20-17-41-31(4,5)42-20/h6-10,15,20,25-26,28H,11-14,16-17H2,1-5H3/t20-,25-,26-,28+,32-/m0/s1. The largest absolute Gasteiger partial charge is 0.348 e. The molecule has 42 heavy (non-hydrogen) atoms. The third-order valence-electron chi connectivity index (χ3n) is 8.75. The molecule has 0 aromatic heterocycles. The summed E-state index contributed by atoms with van der Waals surface area (Å²) >= 11 is 12.4. The summed E-state index contributed by atoms with van der Waals surface area (Å²) in [6, 6.07) is 9.76. The number of fused-ring (bicyclic) bond motifs is 1. The topological polar surface area (TPSA) is 65.8 Å². The van der Waals surface area contributed by atoms with E-state index in [9.17, 15) is 10.1 Å². The van der Waals surface area contributed by atoms with E-state index in [1.165, 1.54) is 24.3 Å². The second-order valence-corrected chi connectivity index (χ2v) is 14.1. The number of ether oxygens (including phenoxy) is 2. The summed E-state index contributed by atoms with van der Waals surface area (Å²) < 4.78 is 43.5. The lowest BCUT2D eigenvalue weighted by Gasteiger charge is -2.42. The van der Waals surface area contributed by atoms with Crippen LogP contribution < -0.4 is 0 Å². The maximum atomic E-state index is 16.0. The molecule has 3 aliphatic heterocycles. The summed E-state index contributed by atoms with van der Waals surface area (Å²) in [5.74, 6) is -3.32. The van der Waals surface area contributed by atoms with E-state index in [0.29, 0.717) is 39.1 Å². The number of nitriles is 1. The van der Waals surface area contributed by atoms with Crippen LogP contribution in [-0.2, 0) is 19.7 Å². The Morgan fingerprint density at radius 1 is 1.14 bits per heavy atom. The molecule has 5 rings (SSSR count). The normalized spacial score (nSPS) is 29.5. The van der Waals surface area contributed by atoms with E-state index in [2.05, 4.69) is 6.07 Å². The Hall–Kier alpha value is -2.28. The zero-order chi connectivity index (χ0) is 30.6. The average molecular weight is 621 g/mol. The maximum Gasteiger partial charge on any atom is 0.240 e. The van der Waals surface area contributed by atoms with Crippen LogP contribution in [0.15, 0.2) is 36.4 Å². The highest BCUT2D eigenvalue weighted by molar-refractivity contribution is 6.31. The number of carbonyl (C=O) groups excluding carboxylic acids is 1. The number of nitrogens with zero attached hydrogens (tertiary/aromatic N) is 3. The fraction of sp³-hybridized carbons (Fsp3) is 0.562. The predicted octanol–water partition coefficient (Wildman–Crippen LogP) is 6.69. The van der Waals surface area contributed by atoms with E-state index in [0.717, 1.165) is 0 Å². The zero-order valence-electron chi connectivity index (χ0n) is 24.6. The van der Waals surface area contributed by atoms with Crippen LogP contribution in [0.2, 0.25) is 10.0 Å². The van der Waals surface area contributed by atoms with Gasteiger partial charge in [0.2, 0.25) is 5.91 Å². The van der Waals surface area contributed by atoms with Crippen molar-refractivity contribution in [2.45, 2.75) is 82.8 Å². The first kappa shape index (κ1) is 31.2. The molecule has 2 aromatic carbocycles. The van der Waals surface area contributed by atoms with Crippen LogP contribution in [-0.4, -0.2) is 65.9 Å². The molecule has 3 saturated heterocycles. The van der Waals surface area contributed by atoms with Gasteiger partial charge in [-0.3, -0.25) is 9.69 Å². The average Bonchev–Trinajstić information content (AvgIpc) is 3.39. The molecule has 0 saturated carbocycles. The summed E-state index contributed by atoms with van der Waals surface area (Å²) in [5, 5.41) is 11.2. The van der Waals surface area contributed by atoms with E-state index in [-0.39, 0.29) is 38.6 Å². The number of halogens is 4. The van der Waals surface area contributed by atoms with E-state index >= 15 is 8.78 Å². The quantitative estimate of drug-likeness (QED) is 0.360. The van der Waals surface area contributed by atoms with Gasteiger partial charge < -0.3 is 14.4 Å². The highest BCUT2D eigenvalue weighted by atomic mass is 35.5. The van der Waals surface area contributed by atoms with Crippen LogP contribution in [0.4, 0.5) is 8.78 Å². The molecule has 3 heterocycles. The number of rotatable bonds is 6. The number of piperazine rings is 1. The Balaban J connectivity index is 1.65. The van der Waals surface area contributed by atoms with Gasteiger partial charge in [0.15, 0.2) is 5.79 Å². The third-order valence-corrected chi connectivity index (χ3v) is 9.28. The molecule has 0 spiro atoms. The van der Waals surface area contributed by atoms with Crippen LogP contribution in [0, 0.1) is 28.4 Å². The minimum Gasteiger partial charge on any atom is -0.348 e. The molecule has 0 aliphatic carbocycles. The van der Waals surface area contributed by atoms with Crippen molar-refractivity contribution in [1.82, 2.24) is 9.80 Å². The molecule has 0 N–H and O–H groups in total. The van der Waals surface area contributed by atoms with Crippen molar-refractivity contribution in [3.63, 3.8) is 0 Å². The first-order valence-corrected chi connectivity index (χ1v) is 15.1. The Morgan fingerprint density at radius 3 is 2.50 bits per heavy atom. The summed E-state index contributed by atoms with van der Waals surface area (Å²) in [7, 11) is 0. The molecule has 3 fully saturated rings. The number of hydrogen-bond donors (Lipinski definition) is 0. The zero-order valence-corrected chi connectivity index (χ0v) is 26.1. The van der Waals surface area contributed by atoms with Crippen LogP contribution in [0.1, 0.15) is 64.5 Å². The lowest BCUT2D eigenvalue weighted by Crippen LogP contribution is -2.58. The van der Waals surface area contributed by atoms with E-state index in [1.54, 1.807) is 17.0 Å². The van der Waals surface area contributed by atoms with Crippen LogP contribution >= 0.6 is 23.2 Å². The smallest absolute Gasteiger partial charge is 0.240 e. The van der Waals surface area contributed by atoms with Crippen molar-refractivity contribution in [2.75, 3.05) is 26.2 Å². The molecular weight excluding hydrogens is 583 g/mol. The Bertz CT molecular complexity index is 1410. The molecule has 5 atom stereocenters. The SMILES string of the molecule is CC(C)(C)C[C@@H]1N2CCN(CC[C@H]3COC(C)(C)O3)C(=O)[C@H]2[C@H](c2cccc(Cl)c2F)[C@@]1(C#N)c1ccc(Cl)cc1F. The first-order chi connectivity index (χ1) is 19.7. The van der Waals surface area contributed by atoms with Crippen molar-refractivity contribution in [3.05, 3.63) is 69.2 Å². The number of carbonyl (C=O) groups is 1. The molecule has 0 unspecified atom stereocenters. The highest BCUT2D eigenvalue weighted by Gasteiger charge is 2.66. The Labute approximate surface area is 256 Å². The fourth-order valence-corrected chi connectivity index (χ4v) is 7.39. The van der Waals surface area contributed by atoms with Crippen molar-refractivity contribution in [3.8, 4) is 6.07 Å². The van der Waals surface area contributed by atoms with Crippen molar-refractivity contribution < 1.29 is 23.0 Å². The second kappa shape index (κ2) is 11.3. The monoisotopic (exact) mass is 619 g/mol. The summed E-state index contributed by atoms with van der Waals surface area (Å²) in [5.41, 5.74) is -1.69. The van der Waals surface area contributed by atoms with Gasteiger partial charge >= 0.3 is 0 Å². The molecule has 3 aliphatic rings. The molecule has 0 radical (unpaired) electrons. The predicted molar refractivity (Wildman–Crippen MR) is 157 cm³/mol. The van der Waals surface area contributed by atoms with E-state index < -0.39 is 40.8 Å². The van der Waals surface area contributed by atoms with Gasteiger partial charge in [-0.1, -0.05) is 62.2 Å². The van der Waals surface area contributed by atoms with Gasteiger partial charge in [-0.15, -0.1) is 0 Å². The van der Waals surface area contributed by atoms with E-state index in [4.69, 9.17) is 32.7 Å². The molecule has 1 amide bonds. The highest BCUT2D eigenvalue weighted by Crippen LogP contribution is 2.57. The number of benzene rings is 2. The molecule has 6 nitrogen and oxygen atoms in total. The molecule has 2 aromatic rings. The van der Waals surface area contributed by atoms with E-state index in [1.807, 2.05) is 39.5 Å². The van der Waals surface area contributed by atoms with Gasteiger partial charge in [-0.2, -0.15) is 5.26 Å². The maximum absolute atomic E-state index is 16.0. The Kier molecular flexibility index (Phi) is 8.41. The third kappa shape index (κ3) is 5.55. The van der Waals surface area contributed by atoms with Gasteiger partial charge in [0.05, 0.1) is 29.8 Å². The summed E-state index contributed by atoms with van der Waals surface area (Å²) in [4.78, 5) is 18.2. The first-order valence-electron chi connectivity index (χ1n) is 14.4. The molecular formula is C32H37Cl2F2N3O3. The van der Waals surface area contributed by atoms with Crippen molar-refractivity contribution >= 4 is 29.1 Å². The molecule has 10 heteroatoms. The summed E-state index contributed by atoms with van der Waals surface area (Å²) in [6.45, 7) is 11.5. The molecule has 226 valence electrons. The van der Waals surface area contributed by atoms with Crippen molar-refractivity contribution in [2.24, 2.45) is 5.41 Å². The van der Waals surface area contributed by atoms with Crippen LogP contribution in [0.3, 0.4) is 0 Å². The van der Waals surface area contributed by atoms with Gasteiger partial charge in [0.1, 0.15) is 17.0 Å². The van der Waals surface area contributed by atoms with Crippen molar-refractivity contribution in [1.29, 1.82) is 5.26 Å². The fourth-order valence-electron chi connectivity index (χ4n) is 7.05. The second-order valence-electron chi connectivity index (χ2n) is 13.3. The van der Waals surface area contributed by atoms with Crippen LogP contribution in [0.5, 0.6) is 0 Å². The van der Waals surface area contributed by atoms with Gasteiger partial charge in [0.25, 0.3) is 0 Å². The number of amides is 1. The number of hydrogen-bond acceptors (Lipinski definition) is 5. The lowest BCUT2D eigenvalue weighted by atomic mass is 9.62.